The van der Waals surface area contributed by atoms with Crippen LogP contribution in [0.5, 0.6) is 0 Å². The fraction of sp³-hybridized carbons (Fsp3) is 0.769. The van der Waals surface area contributed by atoms with Crippen molar-refractivity contribution in [2.45, 2.75) is 38.9 Å². The summed E-state index contributed by atoms with van der Waals surface area (Å²) >= 11 is 1.68. The Morgan fingerprint density at radius 2 is 2.33 bits per heavy atom. The molecule has 2 heterocycles. The van der Waals surface area contributed by atoms with E-state index in [1.807, 2.05) is 6.92 Å². The number of rotatable bonds is 4. The van der Waals surface area contributed by atoms with Gasteiger partial charge in [-0.3, -0.25) is 4.90 Å². The van der Waals surface area contributed by atoms with Gasteiger partial charge < -0.3 is 10.6 Å². The van der Waals surface area contributed by atoms with Crippen molar-refractivity contribution in [2.24, 2.45) is 5.73 Å². The second kappa shape index (κ2) is 6.10. The molecule has 0 spiro atoms. The lowest BCUT2D eigenvalue weighted by Crippen LogP contribution is -2.50. The quantitative estimate of drug-likeness (QED) is 0.902. The highest BCUT2D eigenvalue weighted by molar-refractivity contribution is 7.09. The zero-order valence-corrected chi connectivity index (χ0v) is 12.4. The second-order valence-corrected chi connectivity index (χ2v) is 6.13. The number of aromatic nitrogens is 1. The number of nitrogens with two attached hydrogens (primary N) is 1. The van der Waals surface area contributed by atoms with E-state index in [9.17, 15) is 0 Å². The highest BCUT2D eigenvalue weighted by Gasteiger charge is 2.23. The van der Waals surface area contributed by atoms with E-state index >= 15 is 0 Å². The molecule has 1 aliphatic rings. The van der Waals surface area contributed by atoms with E-state index < -0.39 is 0 Å². The highest BCUT2D eigenvalue weighted by atomic mass is 32.1. The van der Waals surface area contributed by atoms with E-state index in [1.165, 1.54) is 12.1 Å². The van der Waals surface area contributed by atoms with Crippen molar-refractivity contribution in [2.75, 3.05) is 26.7 Å². The van der Waals surface area contributed by atoms with Crippen LogP contribution in [0.1, 0.15) is 37.0 Å². The summed E-state index contributed by atoms with van der Waals surface area (Å²) in [7, 11) is 2.22. The standard InChI is InChI=1S/C13H24N4S/c1-4-12-8-17(6-5-16(12)3)7-11-9-18-13(15-11)10(2)14/h9-10,12H,4-8,14H2,1-3H3. The first-order valence-corrected chi connectivity index (χ1v) is 7.60. The Kier molecular flexibility index (Phi) is 4.72. The molecular weight excluding hydrogens is 244 g/mol. The first-order valence-electron chi connectivity index (χ1n) is 6.72. The van der Waals surface area contributed by atoms with Crippen LogP contribution in [0.4, 0.5) is 0 Å². The Balaban J connectivity index is 1.92. The van der Waals surface area contributed by atoms with Crippen LogP contribution in [-0.2, 0) is 6.54 Å². The van der Waals surface area contributed by atoms with Gasteiger partial charge in [-0.1, -0.05) is 6.92 Å². The van der Waals surface area contributed by atoms with Gasteiger partial charge in [0.05, 0.1) is 11.7 Å². The average Bonchev–Trinajstić information content (AvgIpc) is 2.80. The van der Waals surface area contributed by atoms with Crippen LogP contribution in [0.3, 0.4) is 0 Å². The summed E-state index contributed by atoms with van der Waals surface area (Å²) in [4.78, 5) is 9.58. The zero-order chi connectivity index (χ0) is 13.1. The lowest BCUT2D eigenvalue weighted by Gasteiger charge is -2.38. The van der Waals surface area contributed by atoms with Gasteiger partial charge in [-0.05, 0) is 20.4 Å². The molecule has 0 bridgehead atoms. The van der Waals surface area contributed by atoms with Crippen molar-refractivity contribution >= 4 is 11.3 Å². The first kappa shape index (κ1) is 13.9. The minimum absolute atomic E-state index is 0.0552. The van der Waals surface area contributed by atoms with Crippen molar-refractivity contribution in [1.29, 1.82) is 0 Å². The number of nitrogens with zero attached hydrogens (tertiary/aromatic N) is 3. The molecular formula is C13H24N4S. The minimum atomic E-state index is 0.0552. The Morgan fingerprint density at radius 1 is 1.56 bits per heavy atom. The van der Waals surface area contributed by atoms with Crippen LogP contribution in [0.2, 0.25) is 0 Å². The van der Waals surface area contributed by atoms with Crippen molar-refractivity contribution in [3.8, 4) is 0 Å². The Bertz CT molecular complexity index is 377. The molecule has 0 aliphatic carbocycles. The largest absolute Gasteiger partial charge is 0.322 e. The zero-order valence-electron chi connectivity index (χ0n) is 11.6. The van der Waals surface area contributed by atoms with Crippen LogP contribution in [0.15, 0.2) is 5.38 Å². The molecule has 5 heteroatoms. The SMILES string of the molecule is CCC1CN(Cc2csc(C(C)N)n2)CCN1C. The molecule has 0 radical (unpaired) electrons. The van der Waals surface area contributed by atoms with Gasteiger partial charge >= 0.3 is 0 Å². The van der Waals surface area contributed by atoms with E-state index in [0.29, 0.717) is 6.04 Å². The van der Waals surface area contributed by atoms with E-state index in [0.717, 1.165) is 31.2 Å². The normalized spacial score (nSPS) is 24.3. The van der Waals surface area contributed by atoms with Crippen LogP contribution < -0.4 is 5.73 Å². The van der Waals surface area contributed by atoms with E-state index in [2.05, 4.69) is 34.1 Å². The van der Waals surface area contributed by atoms with E-state index in [-0.39, 0.29) is 6.04 Å². The molecule has 4 nitrogen and oxygen atoms in total. The Labute approximate surface area is 114 Å². The lowest BCUT2D eigenvalue weighted by atomic mass is 10.1. The third kappa shape index (κ3) is 3.29. The monoisotopic (exact) mass is 268 g/mol. The number of likely N-dealkylation sites (N-methyl/N-ethyl adjacent to an activating group) is 1. The van der Waals surface area contributed by atoms with Crippen molar-refractivity contribution in [3.05, 3.63) is 16.1 Å². The third-order valence-electron chi connectivity index (χ3n) is 3.68. The Hall–Kier alpha value is -0.490. The van der Waals surface area contributed by atoms with Gasteiger partial charge in [0.2, 0.25) is 0 Å². The molecule has 0 aromatic carbocycles. The number of hydrogen-bond donors (Lipinski definition) is 1. The fourth-order valence-corrected chi connectivity index (χ4v) is 3.20. The second-order valence-electron chi connectivity index (χ2n) is 5.24. The van der Waals surface area contributed by atoms with E-state index in [1.54, 1.807) is 11.3 Å². The molecule has 1 aromatic rings. The van der Waals surface area contributed by atoms with Crippen molar-refractivity contribution in [1.82, 2.24) is 14.8 Å². The highest BCUT2D eigenvalue weighted by Crippen LogP contribution is 2.18. The predicted octanol–water partition coefficient (Wildman–Crippen LogP) is 1.69. The van der Waals surface area contributed by atoms with Crippen molar-refractivity contribution in [3.63, 3.8) is 0 Å². The van der Waals surface area contributed by atoms with Gasteiger partial charge in [0.15, 0.2) is 0 Å². The number of piperazine rings is 1. The van der Waals surface area contributed by atoms with Crippen molar-refractivity contribution < 1.29 is 0 Å². The molecule has 2 N–H and O–H groups in total. The van der Waals surface area contributed by atoms with E-state index in [4.69, 9.17) is 5.73 Å². The predicted molar refractivity (Wildman–Crippen MR) is 76.7 cm³/mol. The van der Waals surface area contributed by atoms with Gasteiger partial charge in [0, 0.05) is 37.6 Å². The van der Waals surface area contributed by atoms with Crippen LogP contribution in [-0.4, -0.2) is 47.5 Å². The summed E-state index contributed by atoms with van der Waals surface area (Å²) in [5.74, 6) is 0. The maximum Gasteiger partial charge on any atom is 0.109 e. The maximum atomic E-state index is 5.85. The average molecular weight is 268 g/mol. The molecule has 0 saturated carbocycles. The maximum absolute atomic E-state index is 5.85. The molecule has 2 rings (SSSR count). The van der Waals surface area contributed by atoms with Crippen LogP contribution >= 0.6 is 11.3 Å². The van der Waals surface area contributed by atoms with Gasteiger partial charge in [-0.15, -0.1) is 11.3 Å². The topological polar surface area (TPSA) is 45.4 Å². The lowest BCUT2D eigenvalue weighted by molar-refractivity contribution is 0.0876. The molecule has 0 amide bonds. The summed E-state index contributed by atoms with van der Waals surface area (Å²) in [5.41, 5.74) is 7.02. The van der Waals surface area contributed by atoms with Crippen LogP contribution in [0, 0.1) is 0 Å². The molecule has 2 unspecified atom stereocenters. The van der Waals surface area contributed by atoms with Gasteiger partial charge in [0.25, 0.3) is 0 Å². The number of hydrogen-bond acceptors (Lipinski definition) is 5. The molecule has 1 aliphatic heterocycles. The number of thiazole rings is 1. The summed E-state index contributed by atoms with van der Waals surface area (Å²) < 4.78 is 0. The molecule has 18 heavy (non-hydrogen) atoms. The molecule has 1 saturated heterocycles. The molecule has 102 valence electrons. The smallest absolute Gasteiger partial charge is 0.109 e. The van der Waals surface area contributed by atoms with Gasteiger partial charge in [-0.2, -0.15) is 0 Å². The third-order valence-corrected chi connectivity index (χ3v) is 4.77. The minimum Gasteiger partial charge on any atom is -0.322 e. The summed E-state index contributed by atoms with van der Waals surface area (Å²) in [6.07, 6.45) is 1.22. The Morgan fingerprint density at radius 3 is 2.94 bits per heavy atom. The fourth-order valence-electron chi connectivity index (χ4n) is 2.43. The van der Waals surface area contributed by atoms with Crippen LogP contribution in [0.25, 0.3) is 0 Å². The molecule has 2 atom stereocenters. The summed E-state index contributed by atoms with van der Waals surface area (Å²) in [6, 6.07) is 0.741. The van der Waals surface area contributed by atoms with Gasteiger partial charge in [-0.25, -0.2) is 4.98 Å². The summed E-state index contributed by atoms with van der Waals surface area (Å²) in [6.45, 7) is 8.67. The molecule has 1 aromatic heterocycles. The summed E-state index contributed by atoms with van der Waals surface area (Å²) in [5, 5.41) is 3.20. The van der Waals surface area contributed by atoms with Gasteiger partial charge in [0.1, 0.15) is 5.01 Å². The molecule has 1 fully saturated rings. The first-order chi connectivity index (χ1) is 8.60.